The molecule has 2 atom stereocenters. The van der Waals surface area contributed by atoms with Gasteiger partial charge in [-0.05, 0) is 42.1 Å². The number of hydrogen-bond donors (Lipinski definition) is 0. The number of carbonyl (C=O) groups is 1. The topological polar surface area (TPSA) is 46.1 Å². The third-order valence-electron chi connectivity index (χ3n) is 4.98. The smallest absolute Gasteiger partial charge is 0.223 e. The van der Waals surface area contributed by atoms with Crippen molar-refractivity contribution in [2.24, 2.45) is 10.8 Å². The predicted octanol–water partition coefficient (Wildman–Crippen LogP) is 2.84. The van der Waals surface area contributed by atoms with Gasteiger partial charge in [0, 0.05) is 31.4 Å². The number of nitrogens with zero attached hydrogens (tertiary/aromatic N) is 3. The summed E-state index contributed by atoms with van der Waals surface area (Å²) >= 11 is 0. The molecule has 4 nitrogen and oxygen atoms in total. The van der Waals surface area contributed by atoms with Crippen molar-refractivity contribution < 1.29 is 4.79 Å². The summed E-state index contributed by atoms with van der Waals surface area (Å²) in [6, 6.07) is 0.443. The lowest BCUT2D eigenvalue weighted by Crippen LogP contribution is -2.37. The van der Waals surface area contributed by atoms with Gasteiger partial charge in [-0.1, -0.05) is 20.8 Å². The Bertz CT molecular complexity index is 528. The van der Waals surface area contributed by atoms with Gasteiger partial charge < -0.3 is 4.90 Å². The lowest BCUT2D eigenvalue weighted by Gasteiger charge is -2.39. The Labute approximate surface area is 127 Å². The summed E-state index contributed by atoms with van der Waals surface area (Å²) in [5, 5.41) is 0. The molecule has 2 unspecified atom stereocenters. The van der Waals surface area contributed by atoms with Gasteiger partial charge in [-0.25, -0.2) is 9.97 Å². The zero-order chi connectivity index (χ0) is 15.1. The molecule has 3 rings (SSSR count). The lowest BCUT2D eigenvalue weighted by atomic mass is 9.65. The number of rotatable bonds is 3. The van der Waals surface area contributed by atoms with Gasteiger partial charge in [0.2, 0.25) is 5.91 Å². The minimum absolute atomic E-state index is 0.297. The Hall–Kier alpha value is -1.45. The summed E-state index contributed by atoms with van der Waals surface area (Å²) in [5.74, 6) is 0.297. The highest BCUT2D eigenvalue weighted by Gasteiger charge is 2.50. The molecular weight excluding hydrogens is 262 g/mol. The zero-order valence-electron chi connectivity index (χ0n) is 13.3. The van der Waals surface area contributed by atoms with Crippen LogP contribution in [0.5, 0.6) is 0 Å². The normalized spacial score (nSPS) is 30.4. The molecule has 0 spiro atoms. The van der Waals surface area contributed by atoms with Crippen LogP contribution in [0, 0.1) is 10.8 Å². The average Bonchev–Trinajstić information content (AvgIpc) is 2.66. The van der Waals surface area contributed by atoms with E-state index < -0.39 is 0 Å². The first-order valence-electron chi connectivity index (χ1n) is 7.90. The van der Waals surface area contributed by atoms with E-state index in [4.69, 9.17) is 0 Å². The van der Waals surface area contributed by atoms with Crippen molar-refractivity contribution in [1.82, 2.24) is 14.9 Å². The molecule has 2 bridgehead atoms. The van der Waals surface area contributed by atoms with Crippen LogP contribution in [0.25, 0.3) is 0 Å². The maximum atomic E-state index is 12.6. The second-order valence-electron chi connectivity index (χ2n) is 7.98. The fourth-order valence-electron chi connectivity index (χ4n) is 4.61. The molecule has 2 aliphatic rings. The fourth-order valence-corrected chi connectivity index (χ4v) is 4.61. The zero-order valence-corrected chi connectivity index (χ0v) is 13.3. The molecule has 21 heavy (non-hydrogen) atoms. The summed E-state index contributed by atoms with van der Waals surface area (Å²) in [6.45, 7) is 7.96. The molecule has 1 saturated heterocycles. The van der Waals surface area contributed by atoms with Gasteiger partial charge in [0.15, 0.2) is 0 Å². The minimum Gasteiger partial charge on any atom is -0.339 e. The molecule has 0 aromatic carbocycles. The van der Waals surface area contributed by atoms with Crippen molar-refractivity contribution in [3.63, 3.8) is 0 Å². The highest BCUT2D eigenvalue weighted by molar-refractivity contribution is 5.77. The molecule has 1 aliphatic carbocycles. The van der Waals surface area contributed by atoms with Crippen molar-refractivity contribution in [3.05, 3.63) is 24.3 Å². The van der Waals surface area contributed by atoms with Crippen LogP contribution in [0.2, 0.25) is 0 Å². The number of carbonyl (C=O) groups excluding carboxylic acids is 1. The van der Waals surface area contributed by atoms with Gasteiger partial charge >= 0.3 is 0 Å². The van der Waals surface area contributed by atoms with Gasteiger partial charge in [-0.3, -0.25) is 4.79 Å². The Balaban J connectivity index is 1.64. The summed E-state index contributed by atoms with van der Waals surface area (Å²) in [5.41, 5.74) is 1.72. The average molecular weight is 287 g/mol. The van der Waals surface area contributed by atoms with E-state index in [9.17, 15) is 4.79 Å². The lowest BCUT2D eigenvalue weighted by molar-refractivity contribution is -0.132. The Kier molecular flexibility index (Phi) is 3.50. The number of aryl methyl sites for hydroxylation is 1. The van der Waals surface area contributed by atoms with E-state index in [1.165, 1.54) is 19.2 Å². The third kappa shape index (κ3) is 3.09. The molecule has 1 aliphatic heterocycles. The molecule has 4 heteroatoms. The molecule has 1 aromatic heterocycles. The Morgan fingerprint density at radius 1 is 1.29 bits per heavy atom. The van der Waals surface area contributed by atoms with E-state index in [0.717, 1.165) is 24.9 Å². The second-order valence-corrected chi connectivity index (χ2v) is 7.98. The number of aromatic nitrogens is 2. The van der Waals surface area contributed by atoms with E-state index in [1.54, 1.807) is 12.4 Å². The van der Waals surface area contributed by atoms with Crippen LogP contribution in [0.1, 0.15) is 52.0 Å². The van der Waals surface area contributed by atoms with Crippen LogP contribution in [-0.2, 0) is 11.2 Å². The SMILES string of the molecule is CC1(C)CC2CC(C)(CN2C(=O)CCc2cncnc2)C1. The molecule has 2 heterocycles. The molecule has 114 valence electrons. The van der Waals surface area contributed by atoms with E-state index in [2.05, 4.69) is 35.6 Å². The van der Waals surface area contributed by atoms with Crippen LogP contribution in [0.4, 0.5) is 0 Å². The molecule has 0 N–H and O–H groups in total. The Morgan fingerprint density at radius 3 is 2.71 bits per heavy atom. The first-order valence-corrected chi connectivity index (χ1v) is 7.90. The number of likely N-dealkylation sites (tertiary alicyclic amines) is 1. The van der Waals surface area contributed by atoms with Crippen molar-refractivity contribution in [2.45, 2.75) is 58.9 Å². The van der Waals surface area contributed by atoms with Crippen molar-refractivity contribution >= 4 is 5.91 Å². The summed E-state index contributed by atoms with van der Waals surface area (Å²) in [7, 11) is 0. The van der Waals surface area contributed by atoms with Crippen LogP contribution < -0.4 is 0 Å². The van der Waals surface area contributed by atoms with Crippen LogP contribution in [0.15, 0.2) is 18.7 Å². The maximum Gasteiger partial charge on any atom is 0.223 e. The van der Waals surface area contributed by atoms with Gasteiger partial charge in [-0.2, -0.15) is 0 Å². The van der Waals surface area contributed by atoms with Gasteiger partial charge in [-0.15, -0.1) is 0 Å². The number of amides is 1. The molecule has 2 fully saturated rings. The molecular formula is C17H25N3O. The van der Waals surface area contributed by atoms with Gasteiger partial charge in [0.1, 0.15) is 6.33 Å². The third-order valence-corrected chi connectivity index (χ3v) is 4.98. The molecule has 0 radical (unpaired) electrons. The molecule has 1 aromatic rings. The first-order chi connectivity index (χ1) is 9.87. The van der Waals surface area contributed by atoms with Crippen LogP contribution in [-0.4, -0.2) is 33.4 Å². The van der Waals surface area contributed by atoms with Crippen molar-refractivity contribution in [1.29, 1.82) is 0 Å². The molecule has 1 amide bonds. The van der Waals surface area contributed by atoms with E-state index >= 15 is 0 Å². The maximum absolute atomic E-state index is 12.6. The monoisotopic (exact) mass is 287 g/mol. The largest absolute Gasteiger partial charge is 0.339 e. The Morgan fingerprint density at radius 2 is 2.00 bits per heavy atom. The van der Waals surface area contributed by atoms with Gasteiger partial charge in [0.05, 0.1) is 0 Å². The van der Waals surface area contributed by atoms with Crippen molar-refractivity contribution in [2.75, 3.05) is 6.54 Å². The van der Waals surface area contributed by atoms with Gasteiger partial charge in [0.25, 0.3) is 0 Å². The predicted molar refractivity (Wildman–Crippen MR) is 81.6 cm³/mol. The van der Waals surface area contributed by atoms with Crippen LogP contribution in [0.3, 0.4) is 0 Å². The number of fused-ring (bicyclic) bond motifs is 2. The van der Waals surface area contributed by atoms with E-state index in [1.807, 2.05) is 0 Å². The molecule has 1 saturated carbocycles. The van der Waals surface area contributed by atoms with Crippen molar-refractivity contribution in [3.8, 4) is 0 Å². The summed E-state index contributed by atoms with van der Waals surface area (Å²) in [6.07, 6.45) is 9.98. The number of hydrogen-bond acceptors (Lipinski definition) is 3. The summed E-state index contributed by atoms with van der Waals surface area (Å²) in [4.78, 5) is 22.8. The van der Waals surface area contributed by atoms with E-state index in [-0.39, 0.29) is 0 Å². The summed E-state index contributed by atoms with van der Waals surface area (Å²) < 4.78 is 0. The fraction of sp³-hybridized carbons (Fsp3) is 0.706. The van der Waals surface area contributed by atoms with Crippen LogP contribution >= 0.6 is 0 Å². The van der Waals surface area contributed by atoms with E-state index in [0.29, 0.717) is 29.2 Å². The second kappa shape index (κ2) is 5.08. The highest BCUT2D eigenvalue weighted by Crippen LogP contribution is 2.52. The highest BCUT2D eigenvalue weighted by atomic mass is 16.2. The standard InChI is InChI=1S/C17H25N3O/c1-16(2)6-14-7-17(3,10-16)11-20(14)15(21)5-4-13-8-18-12-19-9-13/h8-9,12,14H,4-7,10-11H2,1-3H3. The quantitative estimate of drug-likeness (QED) is 0.859. The first kappa shape index (κ1) is 14.5. The minimum atomic E-state index is 0.297.